The lowest BCUT2D eigenvalue weighted by Gasteiger charge is -2.14. The molecule has 180 valence electrons. The van der Waals surface area contributed by atoms with Crippen molar-refractivity contribution in [3.63, 3.8) is 0 Å². The molecule has 34 heavy (non-hydrogen) atoms. The number of nitrogens with one attached hydrogen (secondary N) is 1. The minimum Gasteiger partial charge on any atom is -0.506 e. The molecule has 1 aliphatic heterocycles. The fourth-order valence-corrected chi connectivity index (χ4v) is 4.82. The number of phenolic OH excluding ortho intramolecular Hbond substituents is 1. The van der Waals surface area contributed by atoms with E-state index in [2.05, 4.69) is 5.32 Å². The van der Waals surface area contributed by atoms with Crippen LogP contribution in [0.5, 0.6) is 17.2 Å². The lowest BCUT2D eigenvalue weighted by Crippen LogP contribution is -2.29. The second-order valence-electron chi connectivity index (χ2n) is 7.47. The molecule has 2 amide bonds. The van der Waals surface area contributed by atoms with Crippen LogP contribution in [-0.2, 0) is 9.59 Å². The van der Waals surface area contributed by atoms with Crippen molar-refractivity contribution in [1.29, 1.82) is 0 Å². The first-order chi connectivity index (χ1) is 16.3. The topological polar surface area (TPSA) is 88.1 Å². The molecule has 1 fully saturated rings. The molecule has 0 bridgehead atoms. The first-order valence-electron chi connectivity index (χ1n) is 10.6. The van der Waals surface area contributed by atoms with Gasteiger partial charge in [-0.2, -0.15) is 0 Å². The molecule has 0 unspecified atom stereocenters. The summed E-state index contributed by atoms with van der Waals surface area (Å²) in [6, 6.07) is 9.92. The molecule has 0 atom stereocenters. The molecule has 10 heteroatoms. The minimum atomic E-state index is -0.207. The Balaban J connectivity index is 1.47. The number of ether oxygens (including phenoxy) is 2. The Morgan fingerprint density at radius 1 is 1.15 bits per heavy atom. The Morgan fingerprint density at radius 3 is 2.65 bits per heavy atom. The average molecular weight is 521 g/mol. The molecule has 2 aromatic rings. The van der Waals surface area contributed by atoms with E-state index in [1.165, 1.54) is 23.9 Å². The summed E-state index contributed by atoms with van der Waals surface area (Å²) in [5, 5.41) is 12.9. The van der Waals surface area contributed by atoms with E-state index < -0.39 is 0 Å². The Bertz CT molecular complexity index is 1120. The van der Waals surface area contributed by atoms with Crippen LogP contribution in [0.15, 0.2) is 41.3 Å². The van der Waals surface area contributed by atoms with Gasteiger partial charge >= 0.3 is 0 Å². The van der Waals surface area contributed by atoms with Gasteiger partial charge in [0.15, 0.2) is 11.5 Å². The number of anilines is 1. The molecule has 0 radical (unpaired) electrons. The van der Waals surface area contributed by atoms with Gasteiger partial charge in [-0.3, -0.25) is 14.5 Å². The molecule has 2 N–H and O–H groups in total. The van der Waals surface area contributed by atoms with E-state index in [4.69, 9.17) is 33.3 Å². The summed E-state index contributed by atoms with van der Waals surface area (Å²) in [6.07, 6.45) is 4.19. The maximum Gasteiger partial charge on any atom is 0.266 e. The molecular formula is C24H25ClN2O5S2. The molecule has 2 aromatic carbocycles. The average Bonchev–Trinajstić information content (AvgIpc) is 3.08. The second-order valence-corrected chi connectivity index (χ2v) is 9.58. The number of phenols is 1. The summed E-state index contributed by atoms with van der Waals surface area (Å²) in [5.41, 5.74) is 1.10. The maximum absolute atomic E-state index is 12.8. The highest BCUT2D eigenvalue weighted by Gasteiger charge is 2.31. The highest BCUT2D eigenvalue weighted by Crippen LogP contribution is 2.35. The van der Waals surface area contributed by atoms with Crippen molar-refractivity contribution in [2.24, 2.45) is 0 Å². The van der Waals surface area contributed by atoms with Crippen molar-refractivity contribution in [2.45, 2.75) is 25.7 Å². The van der Waals surface area contributed by atoms with Crippen molar-refractivity contribution < 1.29 is 24.2 Å². The predicted octanol–water partition coefficient (Wildman–Crippen LogP) is 5.46. The van der Waals surface area contributed by atoms with Crippen LogP contribution in [-0.4, -0.2) is 46.9 Å². The molecule has 0 spiro atoms. The lowest BCUT2D eigenvalue weighted by molar-refractivity contribution is -0.122. The predicted molar refractivity (Wildman–Crippen MR) is 140 cm³/mol. The van der Waals surface area contributed by atoms with Crippen LogP contribution in [0.2, 0.25) is 5.02 Å². The molecule has 0 saturated carbocycles. The lowest BCUT2D eigenvalue weighted by atomic mass is 10.1. The zero-order chi connectivity index (χ0) is 24.7. The number of methoxy groups -OCH3 is 2. The van der Waals surface area contributed by atoms with Crippen LogP contribution < -0.4 is 14.8 Å². The van der Waals surface area contributed by atoms with Gasteiger partial charge in [0.25, 0.3) is 5.91 Å². The summed E-state index contributed by atoms with van der Waals surface area (Å²) >= 11 is 12.6. The number of carbonyl (C=O) groups excluding carboxylic acids is 2. The number of nitrogens with zero attached hydrogens (tertiary/aromatic N) is 1. The number of amides is 2. The molecular weight excluding hydrogens is 496 g/mol. The van der Waals surface area contributed by atoms with Crippen LogP contribution >= 0.6 is 35.6 Å². The first-order valence-corrected chi connectivity index (χ1v) is 12.2. The van der Waals surface area contributed by atoms with Gasteiger partial charge in [0.1, 0.15) is 10.1 Å². The number of aromatic hydroxyl groups is 1. The minimum absolute atomic E-state index is 0.0340. The van der Waals surface area contributed by atoms with Gasteiger partial charge in [-0.05, 0) is 54.8 Å². The third kappa shape index (κ3) is 6.65. The molecule has 1 heterocycles. The van der Waals surface area contributed by atoms with Crippen LogP contribution in [0.1, 0.15) is 31.2 Å². The van der Waals surface area contributed by atoms with Gasteiger partial charge in [-0.15, -0.1) is 0 Å². The summed E-state index contributed by atoms with van der Waals surface area (Å²) in [6.45, 7) is 0.491. The fourth-order valence-electron chi connectivity index (χ4n) is 3.34. The van der Waals surface area contributed by atoms with Gasteiger partial charge in [0.05, 0.1) is 24.8 Å². The fraction of sp³-hybridized carbons (Fsp3) is 0.292. The number of benzene rings is 2. The summed E-state index contributed by atoms with van der Waals surface area (Å²) in [4.78, 5) is 27.1. The van der Waals surface area contributed by atoms with Crippen molar-refractivity contribution in [3.8, 4) is 17.2 Å². The number of rotatable bonds is 10. The normalized spacial score (nSPS) is 14.6. The van der Waals surface area contributed by atoms with Crippen molar-refractivity contribution in [1.82, 2.24) is 4.90 Å². The van der Waals surface area contributed by atoms with Gasteiger partial charge in [-0.1, -0.05) is 48.1 Å². The number of unbranched alkanes of at least 4 members (excludes halogenated alkanes) is 2. The van der Waals surface area contributed by atoms with Crippen molar-refractivity contribution in [2.75, 3.05) is 26.1 Å². The monoisotopic (exact) mass is 520 g/mol. The SMILES string of the molecule is COc1ccc(C=C2SC(=S)N(CCCCCC(=O)Nc3cc(Cl)ccc3O)C2=O)cc1OC. The van der Waals surface area contributed by atoms with Gasteiger partial charge in [0, 0.05) is 18.0 Å². The highest BCUT2D eigenvalue weighted by molar-refractivity contribution is 8.26. The number of carbonyl (C=O) groups is 2. The maximum atomic E-state index is 12.8. The van der Waals surface area contributed by atoms with Crippen molar-refractivity contribution in [3.05, 3.63) is 51.9 Å². The van der Waals surface area contributed by atoms with Crippen LogP contribution in [0.25, 0.3) is 6.08 Å². The molecule has 1 saturated heterocycles. The standard InChI is InChI=1S/C24H25ClN2O5S2/c1-31-19-10-7-15(12-20(19)32-2)13-21-23(30)27(24(33)34-21)11-5-3-4-6-22(29)26-17-14-16(25)8-9-18(17)28/h7-10,12-14,28H,3-6,11H2,1-2H3,(H,26,29). The quantitative estimate of drug-likeness (QED) is 0.186. The van der Waals surface area contributed by atoms with E-state index in [0.717, 1.165) is 12.0 Å². The third-order valence-electron chi connectivity index (χ3n) is 5.10. The Hall–Kier alpha value is -2.75. The number of thioether (sulfide) groups is 1. The van der Waals surface area contributed by atoms with E-state index in [-0.39, 0.29) is 23.3 Å². The van der Waals surface area contributed by atoms with Crippen molar-refractivity contribution >= 4 is 63.5 Å². The highest BCUT2D eigenvalue weighted by atomic mass is 35.5. The third-order valence-corrected chi connectivity index (χ3v) is 6.71. The molecule has 0 aliphatic carbocycles. The molecule has 0 aromatic heterocycles. The largest absolute Gasteiger partial charge is 0.506 e. The Kier molecular flexibility index (Phi) is 9.20. The number of halogens is 1. The van der Waals surface area contributed by atoms with E-state index in [9.17, 15) is 14.7 Å². The molecule has 7 nitrogen and oxygen atoms in total. The van der Waals surface area contributed by atoms with Gasteiger partial charge in [0.2, 0.25) is 5.91 Å². The first kappa shape index (κ1) is 25.9. The Labute approximate surface area is 213 Å². The van der Waals surface area contributed by atoms with Crippen LogP contribution in [0.3, 0.4) is 0 Å². The number of thiocarbonyl (C=S) groups is 1. The van der Waals surface area contributed by atoms with E-state index >= 15 is 0 Å². The van der Waals surface area contributed by atoms with E-state index in [1.54, 1.807) is 43.4 Å². The smallest absolute Gasteiger partial charge is 0.266 e. The van der Waals surface area contributed by atoms with Crippen LogP contribution in [0.4, 0.5) is 5.69 Å². The van der Waals surface area contributed by atoms with E-state index in [0.29, 0.717) is 51.6 Å². The summed E-state index contributed by atoms with van der Waals surface area (Å²) in [5.74, 6) is 0.833. The molecule has 1 aliphatic rings. The van der Waals surface area contributed by atoms with Gasteiger partial charge in [-0.25, -0.2) is 0 Å². The zero-order valence-electron chi connectivity index (χ0n) is 18.8. The summed E-state index contributed by atoms with van der Waals surface area (Å²) in [7, 11) is 3.13. The molecule has 3 rings (SSSR count). The number of hydrogen-bond acceptors (Lipinski definition) is 7. The second kappa shape index (κ2) is 12.1. The van der Waals surface area contributed by atoms with Gasteiger partial charge < -0.3 is 19.9 Å². The Morgan fingerprint density at radius 2 is 1.91 bits per heavy atom. The summed E-state index contributed by atoms with van der Waals surface area (Å²) < 4.78 is 11.1. The number of hydrogen-bond donors (Lipinski definition) is 2. The van der Waals surface area contributed by atoms with E-state index in [1.807, 2.05) is 6.07 Å². The zero-order valence-corrected chi connectivity index (χ0v) is 21.2. The van der Waals surface area contributed by atoms with Crippen LogP contribution in [0, 0.1) is 0 Å².